The summed E-state index contributed by atoms with van der Waals surface area (Å²) < 4.78 is 42.8. The van der Waals surface area contributed by atoms with Crippen molar-refractivity contribution in [2.24, 2.45) is 10.6 Å². The second kappa shape index (κ2) is 6.00. The average Bonchev–Trinajstić information content (AvgIpc) is 2.94. The number of benzene rings is 2. The molecule has 0 radical (unpaired) electrons. The highest BCUT2D eigenvalue weighted by Gasteiger charge is 2.61. The second-order valence-electron chi connectivity index (χ2n) is 7.49. The van der Waals surface area contributed by atoms with E-state index in [9.17, 15) is 12.8 Å². The molecule has 1 saturated carbocycles. The van der Waals surface area contributed by atoms with E-state index in [-0.39, 0.29) is 28.0 Å². The molecule has 2 atom stereocenters. The first-order valence-electron chi connectivity index (χ1n) is 8.54. The van der Waals surface area contributed by atoms with Gasteiger partial charge in [0.15, 0.2) is 5.76 Å². The fraction of sp³-hybridized carbons (Fsp3) is 0.250. The van der Waals surface area contributed by atoms with Gasteiger partial charge in [-0.2, -0.15) is 0 Å². The first kappa shape index (κ1) is 17.9. The minimum Gasteiger partial charge on any atom is -0.356 e. The first-order chi connectivity index (χ1) is 12.7. The summed E-state index contributed by atoms with van der Waals surface area (Å²) in [6.07, 6.45) is 0. The van der Waals surface area contributed by atoms with E-state index in [0.29, 0.717) is 22.6 Å². The lowest BCUT2D eigenvalue weighted by Crippen LogP contribution is -2.14. The molecule has 0 amide bonds. The Morgan fingerprint density at radius 1 is 1.07 bits per heavy atom. The SMILES string of the molecule is CC1(C)C(c2cc(-c3cccc(F)c3)on2)C1c1ccccc1S(N)(=O)=O. The third-order valence-corrected chi connectivity index (χ3v) is 6.33. The van der Waals surface area contributed by atoms with E-state index in [1.807, 2.05) is 0 Å². The molecule has 0 saturated heterocycles. The van der Waals surface area contributed by atoms with Crippen LogP contribution in [-0.2, 0) is 10.0 Å². The van der Waals surface area contributed by atoms with Crippen LogP contribution < -0.4 is 5.14 Å². The Morgan fingerprint density at radius 2 is 1.81 bits per heavy atom. The molecule has 1 aliphatic rings. The van der Waals surface area contributed by atoms with Crippen LogP contribution in [-0.4, -0.2) is 13.6 Å². The molecule has 5 nitrogen and oxygen atoms in total. The summed E-state index contributed by atoms with van der Waals surface area (Å²) in [6, 6.07) is 14.7. The van der Waals surface area contributed by atoms with Crippen molar-refractivity contribution < 1.29 is 17.3 Å². The normalized spacial score (nSPS) is 21.2. The summed E-state index contributed by atoms with van der Waals surface area (Å²) in [6.45, 7) is 4.11. The van der Waals surface area contributed by atoms with E-state index in [4.69, 9.17) is 9.66 Å². The Labute approximate surface area is 157 Å². The number of hydrogen-bond donors (Lipinski definition) is 1. The van der Waals surface area contributed by atoms with Crippen molar-refractivity contribution in [2.75, 3.05) is 0 Å². The molecule has 1 aromatic heterocycles. The topological polar surface area (TPSA) is 86.2 Å². The van der Waals surface area contributed by atoms with E-state index in [0.717, 1.165) is 0 Å². The van der Waals surface area contributed by atoms with Gasteiger partial charge in [-0.3, -0.25) is 0 Å². The molecule has 2 unspecified atom stereocenters. The summed E-state index contributed by atoms with van der Waals surface area (Å²) in [5, 5.41) is 9.56. The maximum absolute atomic E-state index is 13.5. The van der Waals surface area contributed by atoms with Gasteiger partial charge in [0, 0.05) is 23.5 Å². The lowest BCUT2D eigenvalue weighted by molar-refractivity contribution is 0.420. The monoisotopic (exact) mass is 386 g/mol. The van der Waals surface area contributed by atoms with Gasteiger partial charge in [-0.1, -0.05) is 49.3 Å². The Balaban J connectivity index is 1.71. The quantitative estimate of drug-likeness (QED) is 0.733. The highest BCUT2D eigenvalue weighted by atomic mass is 32.2. The fourth-order valence-corrected chi connectivity index (χ4v) is 4.77. The Kier molecular flexibility index (Phi) is 3.98. The van der Waals surface area contributed by atoms with Gasteiger partial charge in [0.05, 0.1) is 10.6 Å². The molecule has 4 rings (SSSR count). The zero-order chi connectivity index (χ0) is 19.4. The zero-order valence-electron chi connectivity index (χ0n) is 14.9. The molecule has 3 aromatic rings. The number of aromatic nitrogens is 1. The van der Waals surface area contributed by atoms with Crippen LogP contribution in [0.1, 0.15) is 36.9 Å². The zero-order valence-corrected chi connectivity index (χ0v) is 15.7. The Hall–Kier alpha value is -2.51. The van der Waals surface area contributed by atoms with Crippen LogP contribution in [0.15, 0.2) is 64.0 Å². The molecule has 1 heterocycles. The van der Waals surface area contributed by atoms with Gasteiger partial charge in [0.25, 0.3) is 0 Å². The maximum Gasteiger partial charge on any atom is 0.238 e. The Bertz CT molecular complexity index is 1120. The van der Waals surface area contributed by atoms with Crippen LogP contribution in [0, 0.1) is 11.2 Å². The number of hydrogen-bond acceptors (Lipinski definition) is 4. The number of rotatable bonds is 4. The average molecular weight is 386 g/mol. The third-order valence-electron chi connectivity index (χ3n) is 5.34. The third kappa shape index (κ3) is 3.07. The van der Waals surface area contributed by atoms with Gasteiger partial charge in [-0.15, -0.1) is 0 Å². The van der Waals surface area contributed by atoms with E-state index in [1.165, 1.54) is 18.2 Å². The minimum atomic E-state index is -3.82. The van der Waals surface area contributed by atoms with Gasteiger partial charge >= 0.3 is 0 Å². The van der Waals surface area contributed by atoms with Crippen LogP contribution in [0.25, 0.3) is 11.3 Å². The van der Waals surface area contributed by atoms with Crippen molar-refractivity contribution in [3.05, 3.63) is 71.7 Å². The van der Waals surface area contributed by atoms with Gasteiger partial charge in [-0.25, -0.2) is 17.9 Å². The van der Waals surface area contributed by atoms with Gasteiger partial charge in [0.1, 0.15) is 5.82 Å². The van der Waals surface area contributed by atoms with E-state index < -0.39 is 10.0 Å². The van der Waals surface area contributed by atoms with E-state index >= 15 is 0 Å². The smallest absolute Gasteiger partial charge is 0.238 e. The van der Waals surface area contributed by atoms with Crippen molar-refractivity contribution in [1.29, 1.82) is 0 Å². The fourth-order valence-electron chi connectivity index (χ4n) is 3.98. The lowest BCUT2D eigenvalue weighted by Gasteiger charge is -2.08. The highest BCUT2D eigenvalue weighted by molar-refractivity contribution is 7.89. The van der Waals surface area contributed by atoms with Crippen molar-refractivity contribution in [1.82, 2.24) is 5.16 Å². The summed E-state index contributed by atoms with van der Waals surface area (Å²) in [7, 11) is -3.82. The van der Waals surface area contributed by atoms with Crippen molar-refractivity contribution >= 4 is 10.0 Å². The van der Waals surface area contributed by atoms with Crippen molar-refractivity contribution in [2.45, 2.75) is 30.6 Å². The minimum absolute atomic E-state index is 0.0218. The number of halogens is 1. The number of nitrogens with zero attached hydrogens (tertiary/aromatic N) is 1. The molecule has 27 heavy (non-hydrogen) atoms. The molecular formula is C20H19FN2O3S. The maximum atomic E-state index is 13.5. The van der Waals surface area contributed by atoms with Crippen LogP contribution in [0.3, 0.4) is 0 Å². The predicted molar refractivity (Wildman–Crippen MR) is 99.0 cm³/mol. The molecule has 0 spiro atoms. The van der Waals surface area contributed by atoms with E-state index in [2.05, 4.69) is 19.0 Å². The molecule has 140 valence electrons. The second-order valence-corrected chi connectivity index (χ2v) is 9.02. The highest BCUT2D eigenvalue weighted by Crippen LogP contribution is 2.70. The van der Waals surface area contributed by atoms with E-state index in [1.54, 1.807) is 36.4 Å². The molecule has 2 N–H and O–H groups in total. The van der Waals surface area contributed by atoms with Gasteiger partial charge in [-0.05, 0) is 29.2 Å². The van der Waals surface area contributed by atoms with Crippen LogP contribution in [0.2, 0.25) is 0 Å². The summed E-state index contributed by atoms with van der Waals surface area (Å²) >= 11 is 0. The number of sulfonamides is 1. The molecule has 1 fully saturated rings. The molecular weight excluding hydrogens is 367 g/mol. The van der Waals surface area contributed by atoms with Crippen molar-refractivity contribution in [3.8, 4) is 11.3 Å². The standard InChI is InChI=1S/C20H19FN2O3S/c1-20(2)18(14-8-3-4-9-17(14)27(22,24)25)19(20)15-11-16(26-23-15)12-6-5-7-13(21)10-12/h3-11,18-19H,1-2H3,(H2,22,24,25). The van der Waals surface area contributed by atoms with Crippen LogP contribution >= 0.6 is 0 Å². The molecule has 7 heteroatoms. The largest absolute Gasteiger partial charge is 0.356 e. The first-order valence-corrected chi connectivity index (χ1v) is 10.1. The Morgan fingerprint density at radius 3 is 2.52 bits per heavy atom. The molecule has 2 aromatic carbocycles. The number of primary sulfonamides is 1. The molecule has 0 bridgehead atoms. The van der Waals surface area contributed by atoms with Crippen molar-refractivity contribution in [3.63, 3.8) is 0 Å². The molecule has 0 aliphatic heterocycles. The van der Waals surface area contributed by atoms with Gasteiger partial charge in [0.2, 0.25) is 10.0 Å². The van der Waals surface area contributed by atoms with Gasteiger partial charge < -0.3 is 4.52 Å². The predicted octanol–water partition coefficient (Wildman–Crippen LogP) is 4.04. The lowest BCUT2D eigenvalue weighted by atomic mass is 10.0. The summed E-state index contributed by atoms with van der Waals surface area (Å²) in [4.78, 5) is 0.138. The van der Waals surface area contributed by atoms with Crippen LogP contribution in [0.4, 0.5) is 4.39 Å². The summed E-state index contributed by atoms with van der Waals surface area (Å²) in [5.74, 6) is 0.0479. The van der Waals surface area contributed by atoms with Crippen LogP contribution in [0.5, 0.6) is 0 Å². The summed E-state index contributed by atoms with van der Waals surface area (Å²) in [5.41, 5.74) is 1.80. The number of nitrogens with two attached hydrogens (primary N) is 1. The molecule has 1 aliphatic carbocycles.